The molecule has 0 radical (unpaired) electrons. The summed E-state index contributed by atoms with van der Waals surface area (Å²) in [5.74, 6) is 1.41. The van der Waals surface area contributed by atoms with Gasteiger partial charge in [-0.1, -0.05) is 24.3 Å². The van der Waals surface area contributed by atoms with E-state index in [9.17, 15) is 8.78 Å². The Hall–Kier alpha value is -2.14. The highest BCUT2D eigenvalue weighted by Gasteiger charge is 2.13. The Kier molecular flexibility index (Phi) is 4.48. The number of fused-ring (bicyclic) bond motifs is 1. The molecule has 2 aromatic carbocycles. The second-order valence-corrected chi connectivity index (χ2v) is 5.46. The molecule has 0 spiro atoms. The SMILES string of the molecule is Cc1nc2cc(CCl)ccc2n1Cc1ccccc1OC(F)F. The molecule has 0 saturated heterocycles. The molecule has 3 nitrogen and oxygen atoms in total. The predicted molar refractivity (Wildman–Crippen MR) is 86.2 cm³/mol. The third-order valence-electron chi connectivity index (χ3n) is 3.67. The lowest BCUT2D eigenvalue weighted by atomic mass is 10.2. The van der Waals surface area contributed by atoms with Crippen LogP contribution in [0.4, 0.5) is 8.78 Å². The van der Waals surface area contributed by atoms with Gasteiger partial charge in [-0.25, -0.2) is 4.98 Å². The van der Waals surface area contributed by atoms with Gasteiger partial charge >= 0.3 is 6.61 Å². The van der Waals surface area contributed by atoms with Crippen molar-refractivity contribution >= 4 is 22.6 Å². The van der Waals surface area contributed by atoms with E-state index in [-0.39, 0.29) is 5.75 Å². The van der Waals surface area contributed by atoms with Crippen molar-refractivity contribution in [2.45, 2.75) is 26.0 Å². The maximum absolute atomic E-state index is 12.5. The number of rotatable bonds is 5. The molecule has 0 aliphatic carbocycles. The van der Waals surface area contributed by atoms with Gasteiger partial charge in [0.15, 0.2) is 0 Å². The monoisotopic (exact) mass is 336 g/mol. The van der Waals surface area contributed by atoms with Crippen molar-refractivity contribution in [3.8, 4) is 5.75 Å². The van der Waals surface area contributed by atoms with Crippen molar-refractivity contribution in [1.29, 1.82) is 0 Å². The molecule has 0 unspecified atom stereocenters. The Bertz CT molecular complexity index is 833. The van der Waals surface area contributed by atoms with E-state index in [2.05, 4.69) is 9.72 Å². The average Bonchev–Trinajstić information content (AvgIpc) is 2.83. The van der Waals surface area contributed by atoms with Crippen LogP contribution in [-0.4, -0.2) is 16.2 Å². The highest BCUT2D eigenvalue weighted by molar-refractivity contribution is 6.17. The summed E-state index contributed by atoms with van der Waals surface area (Å²) >= 11 is 5.85. The molecule has 3 aromatic rings. The Morgan fingerprint density at radius 1 is 1.22 bits per heavy atom. The normalized spacial score (nSPS) is 11.3. The van der Waals surface area contributed by atoms with E-state index >= 15 is 0 Å². The molecule has 0 atom stereocenters. The molecule has 3 rings (SSSR count). The molecular weight excluding hydrogens is 322 g/mol. The fourth-order valence-electron chi connectivity index (χ4n) is 2.59. The molecule has 23 heavy (non-hydrogen) atoms. The van der Waals surface area contributed by atoms with E-state index in [0.29, 0.717) is 18.0 Å². The molecule has 0 N–H and O–H groups in total. The van der Waals surface area contributed by atoms with Crippen LogP contribution in [-0.2, 0) is 12.4 Å². The molecule has 0 saturated carbocycles. The summed E-state index contributed by atoms with van der Waals surface area (Å²) in [5, 5.41) is 0. The van der Waals surface area contributed by atoms with Gasteiger partial charge in [-0.15, -0.1) is 11.6 Å². The topological polar surface area (TPSA) is 27.1 Å². The first-order valence-electron chi connectivity index (χ1n) is 7.13. The summed E-state index contributed by atoms with van der Waals surface area (Å²) in [5.41, 5.74) is 3.44. The summed E-state index contributed by atoms with van der Waals surface area (Å²) in [4.78, 5) is 4.52. The zero-order valence-corrected chi connectivity index (χ0v) is 13.2. The summed E-state index contributed by atoms with van der Waals surface area (Å²) in [6, 6.07) is 12.6. The molecular formula is C17H15ClF2N2O. The van der Waals surface area contributed by atoms with E-state index < -0.39 is 6.61 Å². The number of ether oxygens (including phenoxy) is 1. The van der Waals surface area contributed by atoms with Gasteiger partial charge in [-0.05, 0) is 30.7 Å². The maximum Gasteiger partial charge on any atom is 0.387 e. The van der Waals surface area contributed by atoms with Crippen molar-refractivity contribution in [2.24, 2.45) is 0 Å². The molecule has 6 heteroatoms. The number of imidazole rings is 1. The molecule has 0 aliphatic rings. The first-order valence-corrected chi connectivity index (χ1v) is 7.66. The highest BCUT2D eigenvalue weighted by Crippen LogP contribution is 2.25. The Morgan fingerprint density at radius 3 is 2.74 bits per heavy atom. The number of halogens is 3. The first kappa shape index (κ1) is 15.7. The minimum Gasteiger partial charge on any atom is -0.434 e. The van der Waals surface area contributed by atoms with Crippen LogP contribution in [0.2, 0.25) is 0 Å². The molecule has 1 heterocycles. The zero-order chi connectivity index (χ0) is 16.4. The van der Waals surface area contributed by atoms with Crippen LogP contribution >= 0.6 is 11.6 Å². The van der Waals surface area contributed by atoms with E-state index in [0.717, 1.165) is 22.4 Å². The lowest BCUT2D eigenvalue weighted by Crippen LogP contribution is -2.08. The summed E-state index contributed by atoms with van der Waals surface area (Å²) in [6.45, 7) is -0.550. The minimum absolute atomic E-state index is 0.182. The molecule has 0 aliphatic heterocycles. The van der Waals surface area contributed by atoms with Crippen LogP contribution in [0, 0.1) is 6.92 Å². The Balaban J connectivity index is 2.00. The van der Waals surface area contributed by atoms with Crippen LogP contribution in [0.1, 0.15) is 17.0 Å². The minimum atomic E-state index is -2.84. The summed E-state index contributed by atoms with van der Waals surface area (Å²) in [6.07, 6.45) is 0. The van der Waals surface area contributed by atoms with Crippen LogP contribution in [0.15, 0.2) is 42.5 Å². The predicted octanol–water partition coefficient (Wildman–Crippen LogP) is 4.73. The van der Waals surface area contributed by atoms with Crippen LogP contribution in [0.3, 0.4) is 0 Å². The van der Waals surface area contributed by atoms with Gasteiger partial charge in [-0.2, -0.15) is 8.78 Å². The van der Waals surface area contributed by atoms with Gasteiger partial charge in [0.2, 0.25) is 0 Å². The Morgan fingerprint density at radius 2 is 2.00 bits per heavy atom. The fraction of sp³-hybridized carbons (Fsp3) is 0.235. The van der Waals surface area contributed by atoms with Crippen molar-refractivity contribution < 1.29 is 13.5 Å². The van der Waals surface area contributed by atoms with E-state index in [4.69, 9.17) is 11.6 Å². The number of hydrogen-bond acceptors (Lipinski definition) is 2. The number of alkyl halides is 3. The third kappa shape index (κ3) is 3.29. The van der Waals surface area contributed by atoms with Crippen molar-refractivity contribution in [1.82, 2.24) is 9.55 Å². The second-order valence-electron chi connectivity index (χ2n) is 5.19. The summed E-state index contributed by atoms with van der Waals surface area (Å²) in [7, 11) is 0. The van der Waals surface area contributed by atoms with E-state index in [1.54, 1.807) is 24.3 Å². The number of aryl methyl sites for hydroxylation is 1. The summed E-state index contributed by atoms with van der Waals surface area (Å²) < 4.78 is 31.7. The quantitative estimate of drug-likeness (QED) is 0.630. The fourth-order valence-corrected chi connectivity index (χ4v) is 2.76. The van der Waals surface area contributed by atoms with Gasteiger partial charge in [0.1, 0.15) is 11.6 Å². The number of benzene rings is 2. The van der Waals surface area contributed by atoms with Gasteiger partial charge in [0.05, 0.1) is 17.6 Å². The third-order valence-corrected chi connectivity index (χ3v) is 3.98. The molecule has 1 aromatic heterocycles. The van der Waals surface area contributed by atoms with Gasteiger partial charge in [0, 0.05) is 11.4 Å². The molecule has 0 amide bonds. The molecule has 120 valence electrons. The molecule has 0 bridgehead atoms. The van der Waals surface area contributed by atoms with Gasteiger partial charge in [0.25, 0.3) is 0 Å². The van der Waals surface area contributed by atoms with Crippen LogP contribution < -0.4 is 4.74 Å². The number of hydrogen-bond donors (Lipinski definition) is 0. The van der Waals surface area contributed by atoms with Gasteiger partial charge < -0.3 is 9.30 Å². The van der Waals surface area contributed by atoms with Crippen molar-refractivity contribution in [2.75, 3.05) is 0 Å². The van der Waals surface area contributed by atoms with E-state index in [1.807, 2.05) is 29.7 Å². The van der Waals surface area contributed by atoms with Crippen LogP contribution in [0.5, 0.6) is 5.75 Å². The van der Waals surface area contributed by atoms with Crippen molar-refractivity contribution in [3.63, 3.8) is 0 Å². The van der Waals surface area contributed by atoms with Gasteiger partial charge in [-0.3, -0.25) is 0 Å². The smallest absolute Gasteiger partial charge is 0.387 e. The lowest BCUT2D eigenvalue weighted by Gasteiger charge is -2.12. The highest BCUT2D eigenvalue weighted by atomic mass is 35.5. The number of aromatic nitrogens is 2. The zero-order valence-electron chi connectivity index (χ0n) is 12.5. The Labute approximate surface area is 137 Å². The van der Waals surface area contributed by atoms with E-state index in [1.165, 1.54) is 0 Å². The lowest BCUT2D eigenvalue weighted by molar-refractivity contribution is -0.0504. The maximum atomic E-state index is 12.5. The molecule has 0 fully saturated rings. The number of para-hydroxylation sites is 1. The second kappa shape index (κ2) is 6.54. The van der Waals surface area contributed by atoms with Crippen LogP contribution in [0.25, 0.3) is 11.0 Å². The largest absolute Gasteiger partial charge is 0.434 e. The standard InChI is InChI=1S/C17H15ClF2N2O/c1-11-21-14-8-12(9-18)6-7-15(14)22(11)10-13-4-2-3-5-16(13)23-17(19)20/h2-8,17H,9-10H2,1H3. The average molecular weight is 337 g/mol. The first-order chi connectivity index (χ1) is 11.1. The van der Waals surface area contributed by atoms with Crippen molar-refractivity contribution in [3.05, 3.63) is 59.4 Å². The number of nitrogens with zero attached hydrogens (tertiary/aromatic N) is 2.